The average Bonchev–Trinajstić information content (AvgIpc) is 3.28. The summed E-state index contributed by atoms with van der Waals surface area (Å²) in [6, 6.07) is 15.3. The van der Waals surface area contributed by atoms with Gasteiger partial charge in [0.05, 0.1) is 11.3 Å². The molecule has 3 amide bonds. The molecule has 2 aromatic carbocycles. The zero-order valence-electron chi connectivity index (χ0n) is 14.8. The Balaban J connectivity index is 1.57. The number of benzene rings is 2. The van der Waals surface area contributed by atoms with Gasteiger partial charge >= 0.3 is 12.0 Å². The fourth-order valence-corrected chi connectivity index (χ4v) is 2.99. The number of anilines is 1. The van der Waals surface area contributed by atoms with Gasteiger partial charge in [0.1, 0.15) is 17.2 Å². The first kappa shape index (κ1) is 18.5. The molecule has 0 spiro atoms. The van der Waals surface area contributed by atoms with Gasteiger partial charge in [-0.3, -0.25) is 4.79 Å². The number of carbonyl (C=O) groups excluding carboxylic acids is 2. The summed E-state index contributed by atoms with van der Waals surface area (Å²) < 4.78 is 5.71. The number of hydrogen-bond acceptors (Lipinski definition) is 4. The summed E-state index contributed by atoms with van der Waals surface area (Å²) in [6.45, 7) is 0. The van der Waals surface area contributed by atoms with Gasteiger partial charge in [-0.1, -0.05) is 23.7 Å². The highest BCUT2D eigenvalue weighted by molar-refractivity contribution is 6.31. The third-order valence-corrected chi connectivity index (χ3v) is 4.54. The Kier molecular flexibility index (Phi) is 4.66. The number of nitrogens with one attached hydrogen (secondary N) is 1. The summed E-state index contributed by atoms with van der Waals surface area (Å²) in [5.74, 6) is -0.660. The van der Waals surface area contributed by atoms with E-state index in [1.165, 1.54) is 18.2 Å². The fourth-order valence-electron chi connectivity index (χ4n) is 2.86. The molecule has 1 saturated heterocycles. The molecule has 1 aromatic heterocycles. The number of carbonyl (C=O) groups is 3. The van der Waals surface area contributed by atoms with Crippen molar-refractivity contribution >= 4 is 41.3 Å². The quantitative estimate of drug-likeness (QED) is 0.492. The molecule has 0 bridgehead atoms. The minimum atomic E-state index is -1.01. The molecule has 0 atom stereocenters. The minimum absolute atomic E-state index is 0.0760. The summed E-state index contributed by atoms with van der Waals surface area (Å²) in [4.78, 5) is 36.8. The minimum Gasteiger partial charge on any atom is -0.478 e. The Morgan fingerprint density at radius 2 is 1.69 bits per heavy atom. The topological polar surface area (TPSA) is 99.9 Å². The van der Waals surface area contributed by atoms with Crippen LogP contribution < -0.4 is 10.2 Å². The van der Waals surface area contributed by atoms with Crippen LogP contribution in [0.1, 0.15) is 16.1 Å². The predicted octanol–water partition coefficient (Wildman–Crippen LogP) is 4.40. The summed E-state index contributed by atoms with van der Waals surface area (Å²) in [5.41, 5.74) is 1.33. The van der Waals surface area contributed by atoms with E-state index < -0.39 is 17.9 Å². The van der Waals surface area contributed by atoms with Crippen LogP contribution in [0.5, 0.6) is 0 Å². The number of imide groups is 1. The summed E-state index contributed by atoms with van der Waals surface area (Å²) in [5, 5.41) is 12.0. The number of hydrogen-bond donors (Lipinski definition) is 2. The van der Waals surface area contributed by atoms with Gasteiger partial charge in [-0.05, 0) is 48.5 Å². The SMILES string of the molecule is O=C(O)c1ccc(-c2ccc(/C=C3\NC(=O)N(c4ccc(Cl)cc4)C3=O)o2)cc1. The number of rotatable bonds is 4. The highest BCUT2D eigenvalue weighted by Gasteiger charge is 2.35. The molecular formula is C21H13ClN2O5. The van der Waals surface area contributed by atoms with Crippen molar-refractivity contribution in [3.8, 4) is 11.3 Å². The zero-order chi connectivity index (χ0) is 20.5. The third-order valence-electron chi connectivity index (χ3n) is 4.29. The lowest BCUT2D eigenvalue weighted by Gasteiger charge is -2.11. The first-order valence-electron chi connectivity index (χ1n) is 8.48. The van der Waals surface area contributed by atoms with Crippen LogP contribution in [-0.4, -0.2) is 23.0 Å². The molecule has 1 aliphatic rings. The Bertz CT molecular complexity index is 1150. The van der Waals surface area contributed by atoms with Gasteiger partial charge in [0.2, 0.25) is 0 Å². The molecule has 7 nitrogen and oxygen atoms in total. The standard InChI is InChI=1S/C21H13ClN2O5/c22-14-5-7-15(8-6-14)24-19(25)17(23-21(24)28)11-16-9-10-18(29-16)12-1-3-13(4-2-12)20(26)27/h1-11H,(H,23,28)(H,26,27)/b17-11-. The van der Waals surface area contributed by atoms with E-state index in [9.17, 15) is 14.4 Å². The van der Waals surface area contributed by atoms with E-state index in [0.29, 0.717) is 27.8 Å². The van der Waals surface area contributed by atoms with Crippen LogP contribution in [0, 0.1) is 0 Å². The number of furan rings is 1. The van der Waals surface area contributed by atoms with Crippen molar-refractivity contribution in [2.75, 3.05) is 4.90 Å². The summed E-state index contributed by atoms with van der Waals surface area (Å²) >= 11 is 5.85. The van der Waals surface area contributed by atoms with E-state index >= 15 is 0 Å². The number of urea groups is 1. The van der Waals surface area contributed by atoms with Gasteiger partial charge in [-0.25, -0.2) is 14.5 Å². The zero-order valence-corrected chi connectivity index (χ0v) is 15.5. The largest absolute Gasteiger partial charge is 0.478 e. The number of nitrogens with zero attached hydrogens (tertiary/aromatic N) is 1. The number of halogens is 1. The lowest BCUT2D eigenvalue weighted by atomic mass is 10.1. The average molecular weight is 409 g/mol. The van der Waals surface area contributed by atoms with Crippen molar-refractivity contribution < 1.29 is 23.9 Å². The monoisotopic (exact) mass is 408 g/mol. The van der Waals surface area contributed by atoms with Crippen LogP contribution in [-0.2, 0) is 4.79 Å². The second-order valence-corrected chi connectivity index (χ2v) is 6.63. The summed E-state index contributed by atoms with van der Waals surface area (Å²) in [7, 11) is 0. The van der Waals surface area contributed by atoms with Crippen molar-refractivity contribution in [2.45, 2.75) is 0 Å². The normalized spacial score (nSPS) is 15.1. The first-order valence-corrected chi connectivity index (χ1v) is 8.86. The van der Waals surface area contributed by atoms with E-state index in [1.807, 2.05) is 0 Å². The summed E-state index contributed by atoms with van der Waals surface area (Å²) in [6.07, 6.45) is 1.44. The van der Waals surface area contributed by atoms with Gasteiger partial charge in [0.25, 0.3) is 5.91 Å². The molecule has 8 heteroatoms. The van der Waals surface area contributed by atoms with Crippen LogP contribution in [0.25, 0.3) is 17.4 Å². The second-order valence-electron chi connectivity index (χ2n) is 6.19. The van der Waals surface area contributed by atoms with Crippen molar-refractivity contribution in [3.63, 3.8) is 0 Å². The maximum absolute atomic E-state index is 12.6. The van der Waals surface area contributed by atoms with E-state index in [-0.39, 0.29) is 11.3 Å². The van der Waals surface area contributed by atoms with Crippen LogP contribution in [0.2, 0.25) is 5.02 Å². The molecule has 0 unspecified atom stereocenters. The third kappa shape index (κ3) is 3.63. The molecule has 2 N–H and O–H groups in total. The maximum Gasteiger partial charge on any atom is 0.335 e. The molecule has 3 aromatic rings. The predicted molar refractivity (Wildman–Crippen MR) is 107 cm³/mol. The lowest BCUT2D eigenvalue weighted by molar-refractivity contribution is -0.113. The Hall–Kier alpha value is -3.84. The van der Waals surface area contributed by atoms with Crippen molar-refractivity contribution in [1.82, 2.24) is 5.32 Å². The van der Waals surface area contributed by atoms with Crippen molar-refractivity contribution in [1.29, 1.82) is 0 Å². The number of carboxylic acids is 1. The van der Waals surface area contributed by atoms with E-state index in [4.69, 9.17) is 21.1 Å². The molecule has 29 heavy (non-hydrogen) atoms. The fraction of sp³-hybridized carbons (Fsp3) is 0. The molecule has 0 radical (unpaired) electrons. The maximum atomic E-state index is 12.6. The molecule has 0 saturated carbocycles. The molecule has 2 heterocycles. The Labute approximate surface area is 169 Å². The van der Waals surface area contributed by atoms with Crippen molar-refractivity contribution in [2.24, 2.45) is 0 Å². The van der Waals surface area contributed by atoms with Crippen LogP contribution in [0.4, 0.5) is 10.5 Å². The lowest BCUT2D eigenvalue weighted by Crippen LogP contribution is -2.30. The van der Waals surface area contributed by atoms with Gasteiger partial charge in [0.15, 0.2) is 0 Å². The highest BCUT2D eigenvalue weighted by atomic mass is 35.5. The molecule has 144 valence electrons. The number of carboxylic acid groups (broad SMARTS) is 1. The molecule has 1 fully saturated rings. The van der Waals surface area contributed by atoms with Gasteiger partial charge in [-0.2, -0.15) is 0 Å². The molecule has 0 aliphatic carbocycles. The molecule has 1 aliphatic heterocycles. The van der Waals surface area contributed by atoms with Crippen LogP contribution >= 0.6 is 11.6 Å². The first-order chi connectivity index (χ1) is 13.9. The van der Waals surface area contributed by atoms with Crippen LogP contribution in [0.15, 0.2) is 70.8 Å². The second kappa shape index (κ2) is 7.29. The van der Waals surface area contributed by atoms with E-state index in [0.717, 1.165) is 4.90 Å². The number of aromatic carboxylic acids is 1. The number of amides is 3. The van der Waals surface area contributed by atoms with Crippen LogP contribution in [0.3, 0.4) is 0 Å². The molecule has 4 rings (SSSR count). The van der Waals surface area contributed by atoms with Gasteiger partial charge in [-0.15, -0.1) is 0 Å². The Morgan fingerprint density at radius 3 is 2.34 bits per heavy atom. The van der Waals surface area contributed by atoms with E-state index in [1.54, 1.807) is 48.5 Å². The highest BCUT2D eigenvalue weighted by Crippen LogP contribution is 2.26. The van der Waals surface area contributed by atoms with Gasteiger partial charge in [0, 0.05) is 16.7 Å². The Morgan fingerprint density at radius 1 is 1.00 bits per heavy atom. The van der Waals surface area contributed by atoms with E-state index in [2.05, 4.69) is 5.32 Å². The van der Waals surface area contributed by atoms with Crippen molar-refractivity contribution in [3.05, 3.63) is 82.7 Å². The smallest absolute Gasteiger partial charge is 0.335 e. The van der Waals surface area contributed by atoms with Gasteiger partial charge < -0.3 is 14.8 Å². The molecular weight excluding hydrogens is 396 g/mol.